The Labute approximate surface area is 306 Å². The van der Waals surface area contributed by atoms with Crippen LogP contribution in [0.5, 0.6) is 0 Å². The van der Waals surface area contributed by atoms with Crippen molar-refractivity contribution in [2.24, 2.45) is 0 Å². The van der Waals surface area contributed by atoms with Gasteiger partial charge in [0.15, 0.2) is 0 Å². The molecule has 1 aliphatic rings. The molecule has 2 atom stereocenters. The third kappa shape index (κ3) is 6.49. The fourth-order valence-corrected chi connectivity index (χ4v) is 248. The van der Waals surface area contributed by atoms with Crippen molar-refractivity contribution >= 4 is 43.6 Å². The zero-order valence-electron chi connectivity index (χ0n) is 36.6. The molecule has 0 aliphatic carbocycles. The molecule has 1 saturated heterocycles. The van der Waals surface area contributed by atoms with E-state index in [-0.39, 0.29) is 21.7 Å². The maximum Gasteiger partial charge on any atom is 0.0428 e. The molecule has 1 aliphatic heterocycles. The monoisotopic (exact) mass is 752 g/mol. The van der Waals surface area contributed by atoms with Crippen LogP contribution in [0.1, 0.15) is 128 Å². The van der Waals surface area contributed by atoms with Crippen molar-refractivity contribution in [3.05, 3.63) is 69.8 Å². The highest BCUT2D eigenvalue weighted by Crippen LogP contribution is 2.71. The van der Waals surface area contributed by atoms with Gasteiger partial charge in [0.2, 0.25) is 0 Å². The van der Waals surface area contributed by atoms with Crippen LogP contribution in [0.3, 0.4) is 0 Å². The molecule has 2 aromatic rings. The predicted molar refractivity (Wildman–Crippen MR) is 238 cm³/mol. The number of hydrogen-bond donors (Lipinski definition) is 0. The summed E-state index contributed by atoms with van der Waals surface area (Å²) in [5.41, 5.74) is 11.8. The van der Waals surface area contributed by atoms with Gasteiger partial charge in [0.25, 0.3) is 0 Å². The van der Waals surface area contributed by atoms with E-state index < -0.39 is 43.6 Å². The molecule has 1 heterocycles. The zero-order chi connectivity index (χ0) is 37.9. The first-order valence-electron chi connectivity index (χ1n) is 19.2. The molecule has 2 aromatic carbocycles. The summed E-state index contributed by atoms with van der Waals surface area (Å²) in [5, 5.41) is 0. The van der Waals surface area contributed by atoms with Gasteiger partial charge in [-0.2, -0.15) is 0 Å². The van der Waals surface area contributed by atoms with Crippen LogP contribution in [0.25, 0.3) is 0 Å². The van der Waals surface area contributed by atoms with Crippen molar-refractivity contribution in [1.29, 1.82) is 0 Å². The summed E-state index contributed by atoms with van der Waals surface area (Å²) in [7, 11) is -6.56. The van der Waals surface area contributed by atoms with Crippen LogP contribution in [0, 0.1) is 0 Å². The van der Waals surface area contributed by atoms with Crippen LogP contribution >= 0.6 is 0 Å². The van der Waals surface area contributed by atoms with Gasteiger partial charge in [-0.25, -0.2) is 0 Å². The normalized spacial score (nSPS) is 21.2. The van der Waals surface area contributed by atoms with E-state index >= 15 is 0 Å². The molecule has 48 heavy (non-hydrogen) atoms. The maximum atomic E-state index is 2.90. The van der Waals surface area contributed by atoms with Gasteiger partial charge in [0.1, 0.15) is 0 Å². The van der Waals surface area contributed by atoms with E-state index in [1.807, 2.05) is 0 Å². The molecule has 1 fully saturated rings. The fraction of sp³-hybridized carbons (Fsp3) is 0.714. The molecule has 0 aromatic heterocycles. The molecule has 3 rings (SSSR count). The summed E-state index contributed by atoms with van der Waals surface area (Å²) in [6.45, 7) is 60.6. The van der Waals surface area contributed by atoms with Gasteiger partial charge in [0.05, 0.1) is 0 Å². The summed E-state index contributed by atoms with van der Waals surface area (Å²) in [4.78, 5) is 0. The number of rotatable bonds is 6. The lowest BCUT2D eigenvalue weighted by Gasteiger charge is -2.83. The van der Waals surface area contributed by atoms with Gasteiger partial charge < -0.3 is 0 Å². The second kappa shape index (κ2) is 12.1. The van der Waals surface area contributed by atoms with Crippen LogP contribution in [0.2, 0.25) is 78.6 Å². The van der Waals surface area contributed by atoms with Crippen molar-refractivity contribution in [3.8, 4) is 0 Å². The van der Waals surface area contributed by atoms with Gasteiger partial charge >= 0.3 is 0 Å². The van der Waals surface area contributed by atoms with E-state index in [2.05, 4.69) is 198 Å². The molecule has 0 bridgehead atoms. The molecular weight excluding hydrogens is 673 g/mol. The summed E-state index contributed by atoms with van der Waals surface area (Å²) >= 11 is 0. The molecule has 0 unspecified atom stereocenters. The first-order valence-corrected chi connectivity index (χ1v) is 42.4. The lowest BCUT2D eigenvalue weighted by molar-refractivity contribution is 0.552. The summed E-state index contributed by atoms with van der Waals surface area (Å²) < 4.78 is 0. The molecule has 272 valence electrons. The van der Waals surface area contributed by atoms with Crippen molar-refractivity contribution in [3.63, 3.8) is 0 Å². The Hall–Kier alpha value is -0.259. The predicted octanol–water partition coefficient (Wildman–Crippen LogP) is 13.5. The van der Waals surface area contributed by atoms with Gasteiger partial charge in [-0.1, -0.05) is 198 Å². The second-order valence-corrected chi connectivity index (χ2v) is 87.8. The Morgan fingerprint density at radius 2 is 0.604 bits per heavy atom. The molecule has 0 nitrogen and oxygen atoms in total. The molecule has 0 spiro atoms. The molecule has 0 radical (unpaired) electrons. The smallest absolute Gasteiger partial charge is 0.0428 e. The van der Waals surface area contributed by atoms with Crippen molar-refractivity contribution in [1.82, 2.24) is 0 Å². The average molecular weight is 754 g/mol. The third-order valence-corrected chi connectivity index (χ3v) is 142. The quantitative estimate of drug-likeness (QED) is 0.258. The van der Waals surface area contributed by atoms with Crippen LogP contribution in [-0.4, -0.2) is 43.6 Å². The van der Waals surface area contributed by atoms with Gasteiger partial charge in [0, 0.05) is 43.6 Å². The maximum absolute atomic E-state index is 2.90. The van der Waals surface area contributed by atoms with Gasteiger partial charge in [-0.05, 0) is 66.1 Å². The average Bonchev–Trinajstić information content (AvgIpc) is 2.77. The van der Waals surface area contributed by atoms with E-state index in [9.17, 15) is 0 Å². The van der Waals surface area contributed by atoms with Crippen LogP contribution in [0.15, 0.2) is 36.4 Å². The fourth-order valence-electron chi connectivity index (χ4n) is 12.1. The minimum atomic E-state index is -1.88. The number of hydrogen-bond acceptors (Lipinski definition) is 0. The van der Waals surface area contributed by atoms with Crippen LogP contribution < -0.4 is 0 Å². The van der Waals surface area contributed by atoms with E-state index in [0.717, 1.165) is 11.1 Å². The highest BCUT2D eigenvalue weighted by Gasteiger charge is 2.87. The summed E-state index contributed by atoms with van der Waals surface area (Å²) in [5.74, 6) is 0. The standard InChI is InChI=1S/C42H80Si6/c1-39(2,3)31-25-27-33(35(29-31)41(7,8)9)37-38(34-28-26-32(40(4,5)6)30-36(34)42(10,11)12)48(45(19,20)21,46(22,23)24)47(37,43(13,14)15)44(16,17)18/h25-30,37-38H,1-24H3/t37-,38+. The molecular formula is C42H80Si6. The summed E-state index contributed by atoms with van der Waals surface area (Å²) in [6.07, 6.45) is 0. The highest BCUT2D eigenvalue weighted by atomic mass is 30.2. The third-order valence-electron chi connectivity index (χ3n) is 12.7. The summed E-state index contributed by atoms with van der Waals surface area (Å²) in [6, 6.07) is 16.0. The Bertz CT molecular complexity index is 1350. The number of benzene rings is 2. The topological polar surface area (TPSA) is 0 Å². The molecule has 6 heteroatoms. The van der Waals surface area contributed by atoms with Gasteiger partial charge in [-0.15, -0.1) is 0 Å². The van der Waals surface area contributed by atoms with Gasteiger partial charge in [-0.3, -0.25) is 0 Å². The zero-order valence-corrected chi connectivity index (χ0v) is 42.6. The SMILES string of the molecule is CC(C)(C)c1ccc([C@@H]2[C@H](c3ccc(C(C)(C)C)cc3C(C)(C)C)[Si]([Si](C)(C)C)([Si](C)(C)C)[Si]2([Si](C)(C)C)[Si](C)(C)C)c(C(C)(C)C)c1. The minimum absolute atomic E-state index is 0.0985. The first kappa shape index (κ1) is 42.2. The lowest BCUT2D eigenvalue weighted by Crippen LogP contribution is -3.06. The Morgan fingerprint density at radius 1 is 0.375 bits per heavy atom. The van der Waals surface area contributed by atoms with Crippen LogP contribution in [0.4, 0.5) is 0 Å². The van der Waals surface area contributed by atoms with Crippen molar-refractivity contribution in [2.45, 2.75) is 194 Å². The van der Waals surface area contributed by atoms with E-state index in [0.29, 0.717) is 0 Å². The Kier molecular flexibility index (Phi) is 10.7. The van der Waals surface area contributed by atoms with E-state index in [4.69, 9.17) is 0 Å². The van der Waals surface area contributed by atoms with E-state index in [1.54, 1.807) is 22.3 Å². The minimum Gasteiger partial charge on any atom is -0.0718 e. The Balaban J connectivity index is 2.82. The first-order chi connectivity index (χ1) is 20.9. The molecule has 0 saturated carbocycles. The molecule has 0 amide bonds. The largest absolute Gasteiger partial charge is 0.0718 e. The highest BCUT2D eigenvalue weighted by molar-refractivity contribution is 8.11. The Morgan fingerprint density at radius 3 is 0.771 bits per heavy atom. The van der Waals surface area contributed by atoms with Crippen molar-refractivity contribution < 1.29 is 0 Å². The molecule has 0 N–H and O–H groups in total. The van der Waals surface area contributed by atoms with Crippen molar-refractivity contribution in [2.75, 3.05) is 0 Å². The van der Waals surface area contributed by atoms with Crippen LogP contribution in [-0.2, 0) is 21.7 Å². The van der Waals surface area contributed by atoms with E-state index in [1.165, 1.54) is 11.1 Å². The second-order valence-electron chi connectivity index (χ2n) is 24.2. The lowest BCUT2D eigenvalue weighted by atomic mass is 9.75.